The van der Waals surface area contributed by atoms with Gasteiger partial charge in [-0.15, -0.1) is 0 Å². The van der Waals surface area contributed by atoms with Crippen LogP contribution >= 0.6 is 0 Å². The van der Waals surface area contributed by atoms with E-state index in [0.717, 1.165) is 5.56 Å². The van der Waals surface area contributed by atoms with Crippen LogP contribution in [0, 0.1) is 20.8 Å². The standard InChI is InChI=1S/C29H22N4O6S2/c1-15-10-16(2)25(17(3)11-15)26-24-14-22-7-6-19(31-22)12-18-4-5-20(30-18)13-21-8-9-23(32-21)28(40(34,35)36)27(33-24)29(26)41(37,38)39/h4-14H,1-3H3,(H,34,35,36)(H,37,38,39). The minimum absolute atomic E-state index is 0.0169. The molecule has 0 amide bonds. The quantitative estimate of drug-likeness (QED) is 0.498. The van der Waals surface area contributed by atoms with Gasteiger partial charge in [-0.2, -0.15) is 16.8 Å². The molecule has 5 heterocycles. The van der Waals surface area contributed by atoms with Crippen LogP contribution in [0.2, 0.25) is 0 Å². The molecule has 1 aromatic carbocycles. The van der Waals surface area contributed by atoms with E-state index in [1.165, 1.54) is 18.2 Å². The lowest BCUT2D eigenvalue weighted by atomic mass is 9.91. The first kappa shape index (κ1) is 26.8. The van der Waals surface area contributed by atoms with E-state index in [0.29, 0.717) is 45.2 Å². The largest absolute Gasteiger partial charge is 0.298 e. The lowest BCUT2D eigenvalue weighted by Crippen LogP contribution is -2.16. The fraction of sp³-hybridized carbons (Fsp3) is 0.103. The third kappa shape index (κ3) is 4.91. The highest BCUT2D eigenvalue weighted by Crippen LogP contribution is 2.42. The average molecular weight is 587 g/mol. The molecular formula is C29H22N4O6S2. The molecule has 0 aromatic heterocycles. The monoisotopic (exact) mass is 586 g/mol. The minimum atomic E-state index is -5.12. The first-order valence-electron chi connectivity index (χ1n) is 12.3. The highest BCUT2D eigenvalue weighted by molar-refractivity contribution is 7.92. The lowest BCUT2D eigenvalue weighted by molar-refractivity contribution is 0.492. The molecule has 0 radical (unpaired) electrons. The summed E-state index contributed by atoms with van der Waals surface area (Å²) in [6.45, 7) is 5.44. The van der Waals surface area contributed by atoms with Crippen molar-refractivity contribution >= 4 is 48.7 Å². The van der Waals surface area contributed by atoms with Gasteiger partial charge in [0.05, 0.1) is 39.9 Å². The molecule has 10 nitrogen and oxygen atoms in total. The van der Waals surface area contributed by atoms with E-state index in [-0.39, 0.29) is 17.0 Å². The van der Waals surface area contributed by atoms with Gasteiger partial charge < -0.3 is 0 Å². The fourth-order valence-electron chi connectivity index (χ4n) is 5.30. The van der Waals surface area contributed by atoms with E-state index in [1.54, 1.807) is 50.3 Å². The van der Waals surface area contributed by atoms with Crippen molar-refractivity contribution in [2.24, 2.45) is 20.0 Å². The van der Waals surface area contributed by atoms with Crippen molar-refractivity contribution in [1.29, 1.82) is 0 Å². The summed E-state index contributed by atoms with van der Waals surface area (Å²) < 4.78 is 72.8. The Labute approximate surface area is 236 Å². The number of hydrogen-bond acceptors (Lipinski definition) is 8. The van der Waals surface area contributed by atoms with Gasteiger partial charge in [0.15, 0.2) is 0 Å². The van der Waals surface area contributed by atoms with Crippen molar-refractivity contribution < 1.29 is 25.9 Å². The number of nitrogens with zero attached hydrogens (tertiary/aromatic N) is 4. The molecule has 41 heavy (non-hydrogen) atoms. The van der Waals surface area contributed by atoms with Crippen molar-refractivity contribution in [1.82, 2.24) is 0 Å². The molecule has 0 spiro atoms. The number of allylic oxidation sites excluding steroid dienone is 11. The lowest BCUT2D eigenvalue weighted by Gasteiger charge is -2.15. The summed E-state index contributed by atoms with van der Waals surface area (Å²) in [4.78, 5) is 16.2. The van der Waals surface area contributed by atoms with E-state index in [2.05, 4.69) is 20.0 Å². The highest BCUT2D eigenvalue weighted by atomic mass is 32.2. The van der Waals surface area contributed by atoms with E-state index in [9.17, 15) is 25.9 Å². The first-order valence-corrected chi connectivity index (χ1v) is 15.2. The zero-order chi connectivity index (χ0) is 29.3. The van der Waals surface area contributed by atoms with E-state index < -0.39 is 35.7 Å². The molecule has 2 N–H and O–H groups in total. The second-order valence-electron chi connectivity index (χ2n) is 9.88. The normalized spacial score (nSPS) is 19.8. The maximum absolute atomic E-state index is 13.1. The van der Waals surface area contributed by atoms with Gasteiger partial charge in [0.1, 0.15) is 15.5 Å². The molecule has 0 unspecified atom stereocenters. The van der Waals surface area contributed by atoms with Crippen molar-refractivity contribution in [2.45, 2.75) is 20.8 Å². The summed E-state index contributed by atoms with van der Waals surface area (Å²) in [5.41, 5.74) is 4.29. The van der Waals surface area contributed by atoms with Crippen LogP contribution in [0.1, 0.15) is 22.3 Å². The van der Waals surface area contributed by atoms with Gasteiger partial charge in [-0.1, -0.05) is 17.7 Å². The van der Waals surface area contributed by atoms with Crippen LogP contribution in [-0.4, -0.2) is 48.8 Å². The smallest absolute Gasteiger partial charge is 0.282 e. The molecule has 0 saturated heterocycles. The topological polar surface area (TPSA) is 158 Å². The number of aliphatic imine (C=N–C) groups is 4. The summed E-state index contributed by atoms with van der Waals surface area (Å²) in [6, 6.07) is 3.68. The number of fused-ring (bicyclic) bond motifs is 4. The molecule has 0 aliphatic carbocycles. The number of aryl methyl sites for hydroxylation is 3. The van der Waals surface area contributed by atoms with Crippen LogP contribution in [0.4, 0.5) is 0 Å². The third-order valence-corrected chi connectivity index (χ3v) is 8.56. The molecule has 206 valence electrons. The van der Waals surface area contributed by atoms with Gasteiger partial charge in [0.2, 0.25) is 0 Å². The Hall–Kier alpha value is -4.36. The van der Waals surface area contributed by atoms with E-state index in [1.807, 2.05) is 19.1 Å². The van der Waals surface area contributed by atoms with Gasteiger partial charge in [-0.05, 0) is 92.1 Å². The Morgan fingerprint density at radius 2 is 1.10 bits per heavy atom. The second kappa shape index (κ2) is 9.35. The van der Waals surface area contributed by atoms with Crippen LogP contribution in [0.25, 0.3) is 5.57 Å². The van der Waals surface area contributed by atoms with E-state index in [4.69, 9.17) is 0 Å². The van der Waals surface area contributed by atoms with Crippen LogP contribution in [0.5, 0.6) is 0 Å². The molecular weight excluding hydrogens is 564 g/mol. The van der Waals surface area contributed by atoms with Crippen LogP contribution in [0.3, 0.4) is 0 Å². The first-order chi connectivity index (χ1) is 19.3. The molecule has 8 bridgehead atoms. The van der Waals surface area contributed by atoms with Crippen LogP contribution in [0.15, 0.2) is 119 Å². The molecule has 0 atom stereocenters. The SMILES string of the molecule is Cc1cc(C)c(C2=C(S(=O)(=O)O)C3=C(S(=O)(=O)O)C4=NC(=CC5=NC(=CC6=NC(=CC2=N3)C=C6)C=C5)C=C4)c(C)c1. The molecule has 0 fully saturated rings. The van der Waals surface area contributed by atoms with Gasteiger partial charge in [-0.3, -0.25) is 9.11 Å². The second-order valence-corrected chi connectivity index (χ2v) is 12.6. The Balaban J connectivity index is 1.77. The van der Waals surface area contributed by atoms with Crippen molar-refractivity contribution in [3.8, 4) is 0 Å². The minimum Gasteiger partial charge on any atom is -0.282 e. The summed E-state index contributed by atoms with van der Waals surface area (Å²) in [7, 11) is -10.2. The van der Waals surface area contributed by atoms with Gasteiger partial charge >= 0.3 is 0 Å². The fourth-order valence-corrected chi connectivity index (χ4v) is 6.99. The highest BCUT2D eigenvalue weighted by Gasteiger charge is 2.40. The molecule has 6 rings (SSSR count). The van der Waals surface area contributed by atoms with Crippen molar-refractivity contribution in [3.05, 3.63) is 122 Å². The predicted octanol–water partition coefficient (Wildman–Crippen LogP) is 4.46. The van der Waals surface area contributed by atoms with E-state index >= 15 is 0 Å². The van der Waals surface area contributed by atoms with Gasteiger partial charge in [0.25, 0.3) is 20.2 Å². The van der Waals surface area contributed by atoms with Crippen LogP contribution < -0.4 is 0 Å². The number of hydrogen-bond donors (Lipinski definition) is 2. The van der Waals surface area contributed by atoms with Gasteiger partial charge in [-0.25, -0.2) is 20.0 Å². The summed E-state index contributed by atoms with van der Waals surface area (Å²) in [5.74, 6) is 0. The van der Waals surface area contributed by atoms with Crippen LogP contribution in [-0.2, 0) is 20.2 Å². The Kier molecular flexibility index (Phi) is 6.12. The number of rotatable bonds is 3. The summed E-state index contributed by atoms with van der Waals surface area (Å²) in [5, 5.41) is 0. The Bertz CT molecular complexity index is 2070. The number of benzene rings is 1. The molecule has 1 aromatic rings. The molecule has 0 saturated carbocycles. The third-order valence-electron chi connectivity index (χ3n) is 6.72. The Morgan fingerprint density at radius 3 is 1.66 bits per heavy atom. The average Bonchev–Trinajstić information content (AvgIpc) is 3.62. The van der Waals surface area contributed by atoms with Gasteiger partial charge in [0, 0.05) is 5.57 Å². The van der Waals surface area contributed by atoms with Crippen molar-refractivity contribution in [2.75, 3.05) is 0 Å². The molecule has 5 aliphatic heterocycles. The summed E-state index contributed by atoms with van der Waals surface area (Å²) >= 11 is 0. The summed E-state index contributed by atoms with van der Waals surface area (Å²) in [6.07, 6.45) is 14.7. The zero-order valence-corrected chi connectivity index (χ0v) is 23.6. The predicted molar refractivity (Wildman–Crippen MR) is 159 cm³/mol. The molecule has 5 aliphatic rings. The Morgan fingerprint density at radius 1 is 0.585 bits per heavy atom. The maximum Gasteiger partial charge on any atom is 0.298 e. The maximum atomic E-state index is 13.1. The molecule has 12 heteroatoms. The zero-order valence-electron chi connectivity index (χ0n) is 22.0. The van der Waals surface area contributed by atoms with Crippen molar-refractivity contribution in [3.63, 3.8) is 0 Å².